The van der Waals surface area contributed by atoms with E-state index in [9.17, 15) is 12.6 Å². The molecule has 0 aromatic heterocycles. The summed E-state index contributed by atoms with van der Waals surface area (Å²) >= 11 is 0. The van der Waals surface area contributed by atoms with Gasteiger partial charge in [0.15, 0.2) is 0 Å². The molecule has 0 amide bonds. The van der Waals surface area contributed by atoms with E-state index in [0.717, 1.165) is 24.2 Å². The minimum Gasteiger partial charge on any atom is -0.312 e. The van der Waals surface area contributed by atoms with E-state index < -0.39 is 21.0 Å². The first-order valence-electron chi connectivity index (χ1n) is 8.19. The van der Waals surface area contributed by atoms with Crippen LogP contribution in [0.2, 0.25) is 0 Å². The molecule has 0 aliphatic rings. The number of nitrogens with zero attached hydrogens (tertiary/aromatic N) is 1. The maximum Gasteiger partial charge on any atom is 0.232 e. The van der Waals surface area contributed by atoms with Gasteiger partial charge in [-0.1, -0.05) is 30.3 Å². The molecule has 1 unspecified atom stereocenters. The second-order valence-corrected chi connectivity index (χ2v) is 9.17. The molecule has 0 radical (unpaired) electrons. The fraction of sp³-hybridized carbons (Fsp3) is 0.333. The van der Waals surface area contributed by atoms with Gasteiger partial charge in [-0.15, -0.1) is 0 Å². The summed E-state index contributed by atoms with van der Waals surface area (Å²) in [6.07, 6.45) is 3.64. The van der Waals surface area contributed by atoms with Crippen molar-refractivity contribution in [1.29, 1.82) is 0 Å². The average Bonchev–Trinajstić information content (AvgIpc) is 2.58. The maximum absolute atomic E-state index is 11.8. The molecule has 0 saturated heterocycles. The minimum absolute atomic E-state index is 0.588. The van der Waals surface area contributed by atoms with E-state index in [4.69, 9.17) is 0 Å². The normalized spacial score (nSPS) is 12.6. The monoisotopic (exact) mass is 395 g/mol. The molecule has 0 spiro atoms. The molecule has 2 aromatic carbocycles. The van der Waals surface area contributed by atoms with Gasteiger partial charge in [-0.2, -0.15) is 0 Å². The Hall–Kier alpha value is -1.90. The van der Waals surface area contributed by atoms with Crippen LogP contribution in [0.4, 0.5) is 11.4 Å². The molecule has 8 heteroatoms. The largest absolute Gasteiger partial charge is 0.312 e. The van der Waals surface area contributed by atoms with E-state index in [-0.39, 0.29) is 0 Å². The van der Waals surface area contributed by atoms with Crippen LogP contribution >= 0.6 is 0 Å². The highest BCUT2D eigenvalue weighted by Gasteiger charge is 2.14. The third-order valence-electron chi connectivity index (χ3n) is 3.95. The molecule has 1 atom stereocenters. The molecule has 26 heavy (non-hydrogen) atoms. The standard InChI is InChI=1S/C18H25N3O3S2/c1-21(26(3,23)24)18-7-5-4-6-16(18)14-19-13-12-15-8-10-17(11-9-15)20-25(2)22/h4-11,19-20H,12-14H2,1-3H3. The van der Waals surface area contributed by atoms with Gasteiger partial charge in [0.2, 0.25) is 10.0 Å². The van der Waals surface area contributed by atoms with Crippen LogP contribution in [-0.2, 0) is 34.0 Å². The molecule has 0 heterocycles. The first-order valence-corrected chi connectivity index (χ1v) is 11.6. The van der Waals surface area contributed by atoms with Crippen LogP contribution in [0.15, 0.2) is 48.5 Å². The zero-order valence-corrected chi connectivity index (χ0v) is 16.9. The molecule has 6 nitrogen and oxygen atoms in total. The fourth-order valence-electron chi connectivity index (χ4n) is 2.51. The molecule has 2 aromatic rings. The van der Waals surface area contributed by atoms with E-state index >= 15 is 0 Å². The van der Waals surface area contributed by atoms with Crippen LogP contribution in [0, 0.1) is 0 Å². The fourth-order valence-corrected chi connectivity index (χ4v) is 3.51. The second-order valence-electron chi connectivity index (χ2n) is 6.04. The summed E-state index contributed by atoms with van der Waals surface area (Å²) in [7, 11) is -2.80. The van der Waals surface area contributed by atoms with Crippen molar-refractivity contribution in [2.75, 3.05) is 35.1 Å². The SMILES string of the molecule is CN(c1ccccc1CNCCc1ccc(NS(C)=O)cc1)S(C)(=O)=O. The summed E-state index contributed by atoms with van der Waals surface area (Å²) in [5.41, 5.74) is 3.63. The van der Waals surface area contributed by atoms with Gasteiger partial charge in [0, 0.05) is 25.5 Å². The van der Waals surface area contributed by atoms with Gasteiger partial charge in [0.1, 0.15) is 11.0 Å². The van der Waals surface area contributed by atoms with E-state index in [0.29, 0.717) is 12.2 Å². The molecule has 142 valence electrons. The Kier molecular flexibility index (Phi) is 7.19. The van der Waals surface area contributed by atoms with Crippen molar-refractivity contribution in [2.24, 2.45) is 0 Å². The van der Waals surface area contributed by atoms with Crippen molar-refractivity contribution in [3.05, 3.63) is 59.7 Å². The third kappa shape index (κ3) is 6.12. The lowest BCUT2D eigenvalue weighted by molar-refractivity contribution is 0.600. The Morgan fingerprint density at radius 2 is 1.73 bits per heavy atom. The lowest BCUT2D eigenvalue weighted by Gasteiger charge is -2.20. The van der Waals surface area contributed by atoms with Crippen LogP contribution in [0.5, 0.6) is 0 Å². The van der Waals surface area contributed by atoms with E-state index in [2.05, 4.69) is 10.0 Å². The van der Waals surface area contributed by atoms with Gasteiger partial charge in [0.05, 0.1) is 11.9 Å². The van der Waals surface area contributed by atoms with Crippen molar-refractivity contribution in [2.45, 2.75) is 13.0 Å². The molecule has 0 aliphatic carbocycles. The second kappa shape index (κ2) is 9.16. The molecule has 2 N–H and O–H groups in total. The summed E-state index contributed by atoms with van der Waals surface area (Å²) in [6.45, 7) is 1.36. The lowest BCUT2D eigenvalue weighted by atomic mass is 10.1. The number of para-hydroxylation sites is 1. The number of anilines is 2. The highest BCUT2D eigenvalue weighted by molar-refractivity contribution is 7.92. The summed E-state index contributed by atoms with van der Waals surface area (Å²) < 4.78 is 38.8. The average molecular weight is 396 g/mol. The molecule has 0 fully saturated rings. The number of sulfonamides is 1. The van der Waals surface area contributed by atoms with Crippen LogP contribution in [0.25, 0.3) is 0 Å². The topological polar surface area (TPSA) is 78.5 Å². The first-order chi connectivity index (χ1) is 12.3. The summed E-state index contributed by atoms with van der Waals surface area (Å²) in [5, 5.41) is 3.36. The Morgan fingerprint density at radius 3 is 2.35 bits per heavy atom. The lowest BCUT2D eigenvalue weighted by Crippen LogP contribution is -2.27. The summed E-state index contributed by atoms with van der Waals surface area (Å²) in [4.78, 5) is 0. The van der Waals surface area contributed by atoms with Gasteiger partial charge in [-0.3, -0.25) is 4.31 Å². The van der Waals surface area contributed by atoms with Crippen molar-refractivity contribution in [3.63, 3.8) is 0 Å². The molecular weight excluding hydrogens is 370 g/mol. The maximum atomic E-state index is 11.8. The Morgan fingerprint density at radius 1 is 1.08 bits per heavy atom. The van der Waals surface area contributed by atoms with Gasteiger partial charge in [-0.05, 0) is 42.3 Å². The van der Waals surface area contributed by atoms with Crippen molar-refractivity contribution < 1.29 is 12.6 Å². The first kappa shape index (κ1) is 20.4. The summed E-state index contributed by atoms with van der Waals surface area (Å²) in [6, 6.07) is 15.3. The van der Waals surface area contributed by atoms with Crippen molar-refractivity contribution in [3.8, 4) is 0 Å². The summed E-state index contributed by atoms with van der Waals surface area (Å²) in [5.74, 6) is 0. The number of nitrogens with one attached hydrogen (secondary N) is 2. The molecule has 0 aliphatic heterocycles. The number of hydrogen-bond acceptors (Lipinski definition) is 4. The van der Waals surface area contributed by atoms with Gasteiger partial charge in [0.25, 0.3) is 0 Å². The smallest absolute Gasteiger partial charge is 0.232 e. The van der Waals surface area contributed by atoms with Crippen LogP contribution in [0.3, 0.4) is 0 Å². The predicted octanol–water partition coefficient (Wildman–Crippen LogP) is 2.12. The third-order valence-corrected chi connectivity index (χ3v) is 5.66. The minimum atomic E-state index is -3.29. The van der Waals surface area contributed by atoms with Crippen LogP contribution in [0.1, 0.15) is 11.1 Å². The van der Waals surface area contributed by atoms with Gasteiger partial charge >= 0.3 is 0 Å². The Labute approximate surface area is 158 Å². The quantitative estimate of drug-likeness (QED) is 0.638. The zero-order chi connectivity index (χ0) is 19.2. The number of benzene rings is 2. The number of rotatable bonds is 9. The number of hydrogen-bond donors (Lipinski definition) is 2. The van der Waals surface area contributed by atoms with Crippen molar-refractivity contribution in [1.82, 2.24) is 5.32 Å². The van der Waals surface area contributed by atoms with Crippen LogP contribution < -0.4 is 14.3 Å². The molecule has 0 bridgehead atoms. The molecular formula is C18H25N3O3S2. The zero-order valence-electron chi connectivity index (χ0n) is 15.2. The van der Waals surface area contributed by atoms with Gasteiger partial charge in [-0.25, -0.2) is 12.6 Å². The Balaban J connectivity index is 1.90. The van der Waals surface area contributed by atoms with E-state index in [1.54, 1.807) is 13.3 Å². The molecule has 0 saturated carbocycles. The highest BCUT2D eigenvalue weighted by Crippen LogP contribution is 2.21. The van der Waals surface area contributed by atoms with Gasteiger partial charge < -0.3 is 10.0 Å². The van der Waals surface area contributed by atoms with E-state index in [1.807, 2.05) is 48.5 Å². The van der Waals surface area contributed by atoms with Crippen molar-refractivity contribution >= 4 is 32.4 Å². The van der Waals surface area contributed by atoms with E-state index in [1.165, 1.54) is 16.1 Å². The highest BCUT2D eigenvalue weighted by atomic mass is 32.2. The molecule has 2 rings (SSSR count). The Bertz CT molecular complexity index is 852. The predicted molar refractivity (Wildman–Crippen MR) is 109 cm³/mol. The van der Waals surface area contributed by atoms with Crippen LogP contribution in [-0.4, -0.2) is 38.7 Å².